The molecule has 0 fully saturated rings. The quantitative estimate of drug-likeness (QED) is 0.879. The fraction of sp³-hybridized carbons (Fsp3) is 0.176. The van der Waals surface area contributed by atoms with Crippen LogP contribution < -0.4 is 5.73 Å². The molecule has 0 spiro atoms. The number of nitrogens with two attached hydrogens (primary N) is 1. The highest BCUT2D eigenvalue weighted by molar-refractivity contribution is 6.02. The Morgan fingerprint density at radius 3 is 2.43 bits per heavy atom. The summed E-state index contributed by atoms with van der Waals surface area (Å²) in [7, 11) is 0. The van der Waals surface area contributed by atoms with Crippen LogP contribution in [0.4, 0.5) is 0 Å². The summed E-state index contributed by atoms with van der Waals surface area (Å²) in [6.45, 7) is 1.98. The zero-order chi connectivity index (χ0) is 14.8. The van der Waals surface area contributed by atoms with Gasteiger partial charge in [-0.15, -0.1) is 0 Å². The van der Waals surface area contributed by atoms with E-state index in [2.05, 4.69) is 4.99 Å². The van der Waals surface area contributed by atoms with E-state index in [1.807, 2.05) is 61.5 Å². The normalized spacial score (nSPS) is 20.7. The summed E-state index contributed by atoms with van der Waals surface area (Å²) in [5.41, 5.74) is 8.29. The Bertz CT molecular complexity index is 678. The first-order chi connectivity index (χ1) is 10.1. The molecule has 1 aliphatic heterocycles. The minimum atomic E-state index is -0.630. The number of Topliss-reactive ketones (excluding diaryl/α,β-unsaturated/α-hetero) is 1. The summed E-state index contributed by atoms with van der Waals surface area (Å²) >= 11 is 0. The van der Waals surface area contributed by atoms with Crippen LogP contribution in [0.2, 0.25) is 0 Å². The second-order valence-electron chi connectivity index (χ2n) is 5.09. The summed E-state index contributed by atoms with van der Waals surface area (Å²) in [5.74, 6) is -0.0793. The summed E-state index contributed by atoms with van der Waals surface area (Å²) in [6, 6.07) is 16.4. The molecule has 2 aromatic carbocycles. The molecule has 106 valence electrons. The van der Waals surface area contributed by atoms with Crippen LogP contribution in [0.5, 0.6) is 0 Å². The van der Waals surface area contributed by atoms with Crippen molar-refractivity contribution in [1.29, 1.82) is 0 Å². The van der Waals surface area contributed by atoms with Gasteiger partial charge in [-0.25, -0.2) is 4.99 Å². The van der Waals surface area contributed by atoms with Gasteiger partial charge in [0.1, 0.15) is 0 Å². The molecule has 1 aliphatic rings. The van der Waals surface area contributed by atoms with Crippen LogP contribution in [0.3, 0.4) is 0 Å². The van der Waals surface area contributed by atoms with Crippen molar-refractivity contribution in [2.75, 3.05) is 0 Å². The number of ether oxygens (including phenoxy) is 1. The second-order valence-corrected chi connectivity index (χ2v) is 5.09. The molecule has 0 saturated heterocycles. The third kappa shape index (κ3) is 2.65. The number of amidine groups is 1. The van der Waals surface area contributed by atoms with Crippen molar-refractivity contribution in [3.63, 3.8) is 0 Å². The topological polar surface area (TPSA) is 64.7 Å². The monoisotopic (exact) mass is 280 g/mol. The smallest absolute Gasteiger partial charge is 0.283 e. The van der Waals surface area contributed by atoms with Crippen LogP contribution in [0.25, 0.3) is 0 Å². The van der Waals surface area contributed by atoms with Gasteiger partial charge >= 0.3 is 0 Å². The SMILES string of the molecule is Cc1ccc(C(=O)[C@@H]2N=C(N)O[C@H]2c2ccccc2)cc1. The lowest BCUT2D eigenvalue weighted by Gasteiger charge is -2.16. The van der Waals surface area contributed by atoms with Crippen molar-refractivity contribution >= 4 is 11.8 Å². The van der Waals surface area contributed by atoms with Gasteiger partial charge in [0.25, 0.3) is 6.02 Å². The Morgan fingerprint density at radius 2 is 1.76 bits per heavy atom. The highest BCUT2D eigenvalue weighted by Crippen LogP contribution is 2.30. The lowest BCUT2D eigenvalue weighted by Crippen LogP contribution is -2.24. The van der Waals surface area contributed by atoms with Crippen molar-refractivity contribution in [3.8, 4) is 0 Å². The molecule has 4 nitrogen and oxygen atoms in total. The number of benzene rings is 2. The van der Waals surface area contributed by atoms with E-state index >= 15 is 0 Å². The maximum absolute atomic E-state index is 12.6. The van der Waals surface area contributed by atoms with Crippen LogP contribution in [0.15, 0.2) is 59.6 Å². The number of hydrogen-bond donors (Lipinski definition) is 1. The van der Waals surface area contributed by atoms with Crippen molar-refractivity contribution in [2.45, 2.75) is 19.1 Å². The van der Waals surface area contributed by atoms with E-state index in [9.17, 15) is 4.79 Å². The lowest BCUT2D eigenvalue weighted by atomic mass is 9.95. The number of aryl methyl sites for hydroxylation is 1. The average molecular weight is 280 g/mol. The minimum Gasteiger partial charge on any atom is -0.454 e. The first-order valence-electron chi connectivity index (χ1n) is 6.81. The number of rotatable bonds is 3. The zero-order valence-electron chi connectivity index (χ0n) is 11.7. The van der Waals surface area contributed by atoms with Gasteiger partial charge in [-0.05, 0) is 12.5 Å². The van der Waals surface area contributed by atoms with E-state index < -0.39 is 12.1 Å². The molecule has 0 aliphatic carbocycles. The van der Waals surface area contributed by atoms with Crippen molar-refractivity contribution in [3.05, 3.63) is 71.3 Å². The van der Waals surface area contributed by atoms with E-state index in [1.165, 1.54) is 0 Å². The third-order valence-electron chi connectivity index (χ3n) is 3.53. The Balaban J connectivity index is 1.91. The molecule has 0 radical (unpaired) electrons. The molecule has 1 heterocycles. The molecule has 3 rings (SSSR count). The predicted octanol–water partition coefficient (Wildman–Crippen LogP) is 2.63. The van der Waals surface area contributed by atoms with Crippen molar-refractivity contribution in [1.82, 2.24) is 0 Å². The van der Waals surface area contributed by atoms with Crippen LogP contribution in [0, 0.1) is 6.92 Å². The summed E-state index contributed by atoms with van der Waals surface area (Å²) < 4.78 is 5.53. The predicted molar refractivity (Wildman–Crippen MR) is 81.2 cm³/mol. The van der Waals surface area contributed by atoms with Crippen LogP contribution in [0.1, 0.15) is 27.6 Å². The number of aliphatic imine (C=N–C) groups is 1. The van der Waals surface area contributed by atoms with Crippen LogP contribution in [-0.2, 0) is 4.74 Å². The summed E-state index contributed by atoms with van der Waals surface area (Å²) in [5, 5.41) is 0. The van der Waals surface area contributed by atoms with E-state index in [1.54, 1.807) is 0 Å². The van der Waals surface area contributed by atoms with Gasteiger partial charge in [0.2, 0.25) is 0 Å². The van der Waals surface area contributed by atoms with Gasteiger partial charge in [0.15, 0.2) is 17.9 Å². The van der Waals surface area contributed by atoms with Crippen molar-refractivity contribution in [2.24, 2.45) is 10.7 Å². The molecule has 0 amide bonds. The molecule has 2 N–H and O–H groups in total. The van der Waals surface area contributed by atoms with E-state index in [0.717, 1.165) is 11.1 Å². The highest BCUT2D eigenvalue weighted by atomic mass is 16.5. The van der Waals surface area contributed by atoms with Gasteiger partial charge in [0.05, 0.1) is 0 Å². The number of hydrogen-bond acceptors (Lipinski definition) is 4. The molecule has 2 atom stereocenters. The second kappa shape index (κ2) is 5.40. The molecule has 0 bridgehead atoms. The Morgan fingerprint density at radius 1 is 1.10 bits per heavy atom. The molecular weight excluding hydrogens is 264 g/mol. The maximum Gasteiger partial charge on any atom is 0.283 e. The van der Waals surface area contributed by atoms with E-state index in [0.29, 0.717) is 5.56 Å². The summed E-state index contributed by atoms with van der Waals surface area (Å²) in [6.07, 6.45) is -0.458. The molecule has 4 heteroatoms. The molecule has 2 aromatic rings. The highest BCUT2D eigenvalue weighted by Gasteiger charge is 2.37. The lowest BCUT2D eigenvalue weighted by molar-refractivity contribution is 0.0889. The first kappa shape index (κ1) is 13.4. The third-order valence-corrected chi connectivity index (χ3v) is 3.53. The van der Waals surface area contributed by atoms with Crippen LogP contribution >= 0.6 is 0 Å². The number of ketones is 1. The molecular formula is C17H16N2O2. The Labute approximate surface area is 123 Å². The van der Waals surface area contributed by atoms with E-state index in [4.69, 9.17) is 10.5 Å². The standard InChI is InChI=1S/C17H16N2O2/c1-11-7-9-12(10-8-11)15(20)14-16(21-17(18)19-14)13-5-3-2-4-6-13/h2-10,14,16H,1H3,(H2,18,19)/t14-,16-/m0/s1. The van der Waals surface area contributed by atoms with Gasteiger partial charge in [-0.2, -0.15) is 0 Å². The Kier molecular flexibility index (Phi) is 3.44. The number of carbonyl (C=O) groups is 1. The molecule has 0 aromatic heterocycles. The Hall–Kier alpha value is -2.62. The fourth-order valence-electron chi connectivity index (χ4n) is 2.41. The average Bonchev–Trinajstić information content (AvgIpc) is 2.90. The molecule has 21 heavy (non-hydrogen) atoms. The maximum atomic E-state index is 12.6. The van der Waals surface area contributed by atoms with Gasteiger partial charge in [-0.3, -0.25) is 4.79 Å². The minimum absolute atomic E-state index is 0.0642. The zero-order valence-corrected chi connectivity index (χ0v) is 11.7. The number of carbonyl (C=O) groups excluding carboxylic acids is 1. The van der Waals surface area contributed by atoms with Crippen LogP contribution in [-0.4, -0.2) is 17.8 Å². The number of nitrogens with zero attached hydrogens (tertiary/aromatic N) is 1. The molecule has 0 unspecified atom stereocenters. The molecule has 0 saturated carbocycles. The fourth-order valence-corrected chi connectivity index (χ4v) is 2.41. The van der Waals surface area contributed by atoms with Crippen molar-refractivity contribution < 1.29 is 9.53 Å². The first-order valence-corrected chi connectivity index (χ1v) is 6.81. The van der Waals surface area contributed by atoms with Gasteiger partial charge < -0.3 is 10.5 Å². The largest absolute Gasteiger partial charge is 0.454 e. The van der Waals surface area contributed by atoms with Gasteiger partial charge in [0, 0.05) is 5.56 Å². The van der Waals surface area contributed by atoms with Gasteiger partial charge in [-0.1, -0.05) is 60.2 Å². The summed E-state index contributed by atoms with van der Waals surface area (Å²) in [4.78, 5) is 16.8. The van der Waals surface area contributed by atoms with E-state index in [-0.39, 0.29) is 11.8 Å².